The summed E-state index contributed by atoms with van der Waals surface area (Å²) in [7, 11) is 1.87. The Bertz CT molecular complexity index is 488. The molecule has 1 aromatic rings. The van der Waals surface area contributed by atoms with Crippen LogP contribution in [0.3, 0.4) is 0 Å². The van der Waals surface area contributed by atoms with Crippen LogP contribution in [0.1, 0.15) is 29.9 Å². The maximum atomic E-state index is 5.63. The first-order valence-corrected chi connectivity index (χ1v) is 7.47. The molecule has 1 unspecified atom stereocenters. The van der Waals surface area contributed by atoms with E-state index in [4.69, 9.17) is 4.74 Å². The number of nitrogens with zero attached hydrogens (tertiary/aromatic N) is 1. The summed E-state index contributed by atoms with van der Waals surface area (Å²) in [5.41, 5.74) is 4.59. The summed E-state index contributed by atoms with van der Waals surface area (Å²) in [6.07, 6.45) is 2.90. The third-order valence-electron chi connectivity index (χ3n) is 5.18. The van der Waals surface area contributed by atoms with Gasteiger partial charge in [-0.15, -0.1) is 0 Å². The number of methoxy groups -OCH3 is 1. The van der Waals surface area contributed by atoms with Crippen LogP contribution in [0.5, 0.6) is 0 Å². The molecule has 0 spiro atoms. The molecule has 4 rings (SSSR count). The molecule has 0 radical (unpaired) electrons. The maximum absolute atomic E-state index is 5.63. The Labute approximate surface area is 114 Å². The van der Waals surface area contributed by atoms with Gasteiger partial charge in [0, 0.05) is 39.0 Å². The lowest BCUT2D eigenvalue weighted by atomic mass is 9.82. The summed E-state index contributed by atoms with van der Waals surface area (Å²) in [4.78, 5) is 2.61. The molecule has 1 N–H and O–H groups in total. The van der Waals surface area contributed by atoms with E-state index in [0.29, 0.717) is 12.0 Å². The second kappa shape index (κ2) is 4.50. The monoisotopic (exact) mass is 258 g/mol. The fraction of sp³-hybridized carbons (Fsp3) is 0.625. The normalized spacial score (nSPS) is 32.7. The van der Waals surface area contributed by atoms with E-state index < -0.39 is 0 Å². The summed E-state index contributed by atoms with van der Waals surface area (Å²) in [5, 5.41) is 3.54. The molecule has 2 aliphatic heterocycles. The Kier molecular flexibility index (Phi) is 2.78. The highest BCUT2D eigenvalue weighted by atomic mass is 16.5. The van der Waals surface area contributed by atoms with E-state index in [9.17, 15) is 0 Å². The Morgan fingerprint density at radius 3 is 3.16 bits per heavy atom. The minimum Gasteiger partial charge on any atom is -0.381 e. The Morgan fingerprint density at radius 1 is 1.32 bits per heavy atom. The van der Waals surface area contributed by atoms with Crippen molar-refractivity contribution in [1.82, 2.24) is 5.32 Å². The molecule has 1 aliphatic carbocycles. The largest absolute Gasteiger partial charge is 0.381 e. The van der Waals surface area contributed by atoms with Gasteiger partial charge in [0.25, 0.3) is 0 Å². The van der Waals surface area contributed by atoms with Crippen LogP contribution in [0.2, 0.25) is 0 Å². The van der Waals surface area contributed by atoms with Crippen molar-refractivity contribution >= 4 is 5.69 Å². The van der Waals surface area contributed by atoms with Crippen LogP contribution in [0.4, 0.5) is 5.69 Å². The van der Waals surface area contributed by atoms with Crippen molar-refractivity contribution in [3.8, 4) is 0 Å². The zero-order valence-electron chi connectivity index (χ0n) is 11.6. The second-order valence-corrected chi connectivity index (χ2v) is 6.17. The molecule has 3 atom stereocenters. The molecule has 0 bridgehead atoms. The standard InChI is InChI=1S/C16H22N2O/c1-19-13-7-12-10-18-6-5-17-9-11-3-2-4-14(16(11)18)15(12)8-13/h2-4,12-13,15,17H,5-10H2,1H3/t12-,13?,15-/m0/s1. The molecule has 19 heavy (non-hydrogen) atoms. The molecule has 3 aliphatic rings. The first-order chi connectivity index (χ1) is 9.36. The van der Waals surface area contributed by atoms with E-state index in [-0.39, 0.29) is 0 Å². The molecule has 0 aromatic heterocycles. The van der Waals surface area contributed by atoms with Crippen LogP contribution < -0.4 is 10.2 Å². The van der Waals surface area contributed by atoms with Gasteiger partial charge < -0.3 is 15.0 Å². The number of benzene rings is 1. The average molecular weight is 258 g/mol. The Morgan fingerprint density at radius 2 is 2.26 bits per heavy atom. The van der Waals surface area contributed by atoms with Crippen molar-refractivity contribution < 1.29 is 4.74 Å². The smallest absolute Gasteiger partial charge is 0.0580 e. The van der Waals surface area contributed by atoms with Crippen molar-refractivity contribution in [3.63, 3.8) is 0 Å². The van der Waals surface area contributed by atoms with Crippen LogP contribution in [-0.4, -0.2) is 32.8 Å². The van der Waals surface area contributed by atoms with Gasteiger partial charge >= 0.3 is 0 Å². The van der Waals surface area contributed by atoms with Gasteiger partial charge in [0.1, 0.15) is 0 Å². The van der Waals surface area contributed by atoms with Gasteiger partial charge in [-0.05, 0) is 35.8 Å². The highest BCUT2D eigenvalue weighted by Crippen LogP contribution is 2.49. The quantitative estimate of drug-likeness (QED) is 0.835. The maximum Gasteiger partial charge on any atom is 0.0580 e. The third kappa shape index (κ3) is 1.79. The predicted octanol–water partition coefficient (Wildman–Crippen LogP) is 2.12. The summed E-state index contributed by atoms with van der Waals surface area (Å²) < 4.78 is 5.63. The molecule has 1 saturated carbocycles. The molecule has 0 amide bonds. The fourth-order valence-corrected chi connectivity index (χ4v) is 4.30. The van der Waals surface area contributed by atoms with Crippen molar-refractivity contribution in [3.05, 3.63) is 29.3 Å². The lowest BCUT2D eigenvalue weighted by Crippen LogP contribution is -2.38. The van der Waals surface area contributed by atoms with Crippen LogP contribution in [0, 0.1) is 5.92 Å². The zero-order valence-corrected chi connectivity index (χ0v) is 11.6. The Hall–Kier alpha value is -1.06. The molecule has 3 nitrogen and oxygen atoms in total. The lowest BCUT2D eigenvalue weighted by molar-refractivity contribution is 0.105. The summed E-state index contributed by atoms with van der Waals surface area (Å²) in [6.45, 7) is 4.48. The summed E-state index contributed by atoms with van der Waals surface area (Å²) in [5.74, 6) is 1.50. The summed E-state index contributed by atoms with van der Waals surface area (Å²) in [6, 6.07) is 6.88. The van der Waals surface area contributed by atoms with Crippen LogP contribution >= 0.6 is 0 Å². The van der Waals surface area contributed by atoms with Gasteiger partial charge in [-0.1, -0.05) is 18.2 Å². The number of hydrogen-bond acceptors (Lipinski definition) is 3. The SMILES string of the molecule is COC1C[C@H]2CN3CCNCc4cccc(c43)[C@H]2C1. The van der Waals surface area contributed by atoms with Gasteiger partial charge in [0.2, 0.25) is 0 Å². The first kappa shape index (κ1) is 11.7. The van der Waals surface area contributed by atoms with Crippen molar-refractivity contribution in [2.75, 3.05) is 31.6 Å². The highest BCUT2D eigenvalue weighted by molar-refractivity contribution is 5.64. The van der Waals surface area contributed by atoms with Crippen molar-refractivity contribution in [1.29, 1.82) is 0 Å². The van der Waals surface area contributed by atoms with Gasteiger partial charge in [-0.25, -0.2) is 0 Å². The predicted molar refractivity (Wildman–Crippen MR) is 76.6 cm³/mol. The molecular formula is C16H22N2O. The number of ether oxygens (including phenoxy) is 1. The first-order valence-electron chi connectivity index (χ1n) is 7.47. The second-order valence-electron chi connectivity index (χ2n) is 6.17. The minimum atomic E-state index is 0.465. The average Bonchev–Trinajstić information content (AvgIpc) is 2.75. The molecule has 3 heteroatoms. The Balaban J connectivity index is 1.79. The van der Waals surface area contributed by atoms with Gasteiger partial charge in [-0.3, -0.25) is 0 Å². The zero-order chi connectivity index (χ0) is 12.8. The van der Waals surface area contributed by atoms with E-state index in [1.165, 1.54) is 30.6 Å². The van der Waals surface area contributed by atoms with E-state index in [2.05, 4.69) is 28.4 Å². The van der Waals surface area contributed by atoms with Crippen molar-refractivity contribution in [2.24, 2.45) is 5.92 Å². The minimum absolute atomic E-state index is 0.465. The molecule has 1 fully saturated rings. The van der Waals surface area contributed by atoms with E-state index >= 15 is 0 Å². The molecular weight excluding hydrogens is 236 g/mol. The third-order valence-corrected chi connectivity index (χ3v) is 5.18. The van der Waals surface area contributed by atoms with Gasteiger partial charge in [0.15, 0.2) is 0 Å². The number of hydrogen-bond donors (Lipinski definition) is 1. The topological polar surface area (TPSA) is 24.5 Å². The number of para-hydroxylation sites is 1. The van der Waals surface area contributed by atoms with Crippen LogP contribution in [-0.2, 0) is 11.3 Å². The van der Waals surface area contributed by atoms with Gasteiger partial charge in [0.05, 0.1) is 6.10 Å². The van der Waals surface area contributed by atoms with E-state index in [1.807, 2.05) is 7.11 Å². The van der Waals surface area contributed by atoms with Gasteiger partial charge in [-0.2, -0.15) is 0 Å². The molecule has 2 heterocycles. The summed E-state index contributed by atoms with van der Waals surface area (Å²) >= 11 is 0. The molecule has 1 aromatic carbocycles. The van der Waals surface area contributed by atoms with Crippen LogP contribution in [0.15, 0.2) is 18.2 Å². The molecule has 0 saturated heterocycles. The van der Waals surface area contributed by atoms with E-state index in [1.54, 1.807) is 5.56 Å². The number of anilines is 1. The molecule has 102 valence electrons. The van der Waals surface area contributed by atoms with Crippen molar-refractivity contribution in [2.45, 2.75) is 31.4 Å². The highest BCUT2D eigenvalue weighted by Gasteiger charge is 2.41. The number of fused-ring (bicyclic) bond motifs is 2. The number of nitrogens with one attached hydrogen (secondary N) is 1. The number of rotatable bonds is 1. The van der Waals surface area contributed by atoms with E-state index in [0.717, 1.165) is 25.6 Å². The lowest BCUT2D eigenvalue weighted by Gasteiger charge is -2.38. The van der Waals surface area contributed by atoms with Crippen LogP contribution in [0.25, 0.3) is 0 Å². The fourth-order valence-electron chi connectivity index (χ4n) is 4.30.